The third-order valence-electron chi connectivity index (χ3n) is 2.44. The molecule has 88 valence electrons. The zero-order valence-electron chi connectivity index (χ0n) is 9.46. The second kappa shape index (κ2) is 4.86. The summed E-state index contributed by atoms with van der Waals surface area (Å²) in [6, 6.07) is 1.62. The number of nitrogens with one attached hydrogen (secondary N) is 1. The molecule has 0 amide bonds. The average molecular weight is 230 g/mol. The first-order chi connectivity index (χ1) is 8.22. The van der Waals surface area contributed by atoms with Gasteiger partial charge in [0.25, 0.3) is 0 Å². The zero-order chi connectivity index (χ0) is 12.3. The molecule has 0 aliphatic rings. The summed E-state index contributed by atoms with van der Waals surface area (Å²) in [7, 11) is 0. The van der Waals surface area contributed by atoms with Crippen LogP contribution in [-0.4, -0.2) is 15.0 Å². The van der Waals surface area contributed by atoms with Gasteiger partial charge >= 0.3 is 0 Å². The minimum absolute atomic E-state index is 0.309. The van der Waals surface area contributed by atoms with E-state index in [1.165, 1.54) is 0 Å². The normalized spacial score (nSPS) is 12.4. The van der Waals surface area contributed by atoms with Gasteiger partial charge in [-0.15, -0.1) is 0 Å². The molecule has 1 atom stereocenters. The summed E-state index contributed by atoms with van der Waals surface area (Å²) in [5.74, 6) is 5.99. The van der Waals surface area contributed by atoms with Crippen LogP contribution in [0.25, 0.3) is 0 Å². The van der Waals surface area contributed by atoms with E-state index in [1.54, 1.807) is 24.8 Å². The Kier molecular flexibility index (Phi) is 3.27. The summed E-state index contributed by atoms with van der Waals surface area (Å²) in [5, 5.41) is 0. The standard InChI is InChI=1S/C11H14N6/c1-7-4-8(11(12)16-5-7)10(17-13)9-6-14-2-3-15-9/h2-6,10,17H,13H2,1H3,(H2,12,16). The second-order valence-electron chi connectivity index (χ2n) is 3.72. The second-order valence-corrected chi connectivity index (χ2v) is 3.72. The Balaban J connectivity index is 2.46. The van der Waals surface area contributed by atoms with Crippen molar-refractivity contribution in [3.63, 3.8) is 0 Å². The van der Waals surface area contributed by atoms with Gasteiger partial charge in [0.15, 0.2) is 0 Å². The lowest BCUT2D eigenvalue weighted by Gasteiger charge is -2.17. The Hall–Kier alpha value is -2.05. The Bertz CT molecular complexity index is 499. The highest BCUT2D eigenvalue weighted by Crippen LogP contribution is 2.23. The summed E-state index contributed by atoms with van der Waals surface area (Å²) in [6.07, 6.45) is 6.57. The molecule has 2 heterocycles. The van der Waals surface area contributed by atoms with Crippen molar-refractivity contribution in [1.29, 1.82) is 0 Å². The monoisotopic (exact) mass is 230 g/mol. The van der Waals surface area contributed by atoms with E-state index in [1.807, 2.05) is 13.0 Å². The van der Waals surface area contributed by atoms with Gasteiger partial charge in [0.05, 0.1) is 17.9 Å². The predicted octanol–water partition coefficient (Wildman–Crippen LogP) is 0.315. The Morgan fingerprint density at radius 1 is 1.24 bits per heavy atom. The number of nitrogens with two attached hydrogens (primary N) is 2. The maximum Gasteiger partial charge on any atom is 0.128 e. The first-order valence-electron chi connectivity index (χ1n) is 5.16. The largest absolute Gasteiger partial charge is 0.383 e. The molecule has 0 saturated heterocycles. The maximum atomic E-state index is 5.85. The molecule has 17 heavy (non-hydrogen) atoms. The molecule has 6 nitrogen and oxygen atoms in total. The molecule has 0 aliphatic heterocycles. The van der Waals surface area contributed by atoms with E-state index in [9.17, 15) is 0 Å². The highest BCUT2D eigenvalue weighted by Gasteiger charge is 2.17. The molecule has 6 heteroatoms. The molecule has 0 aliphatic carbocycles. The predicted molar refractivity (Wildman–Crippen MR) is 64.6 cm³/mol. The minimum Gasteiger partial charge on any atom is -0.383 e. The SMILES string of the molecule is Cc1cnc(N)c(C(NN)c2cnccn2)c1. The smallest absolute Gasteiger partial charge is 0.128 e. The number of hydrazine groups is 1. The molecule has 0 fully saturated rings. The highest BCUT2D eigenvalue weighted by molar-refractivity contribution is 5.45. The van der Waals surface area contributed by atoms with Crippen molar-refractivity contribution in [3.8, 4) is 0 Å². The number of rotatable bonds is 3. The van der Waals surface area contributed by atoms with Crippen molar-refractivity contribution in [1.82, 2.24) is 20.4 Å². The number of nitrogen functional groups attached to an aromatic ring is 1. The molecular formula is C11H14N6. The van der Waals surface area contributed by atoms with Crippen molar-refractivity contribution in [3.05, 3.63) is 47.7 Å². The molecule has 0 aromatic carbocycles. The summed E-state index contributed by atoms with van der Waals surface area (Å²) in [4.78, 5) is 12.3. The van der Waals surface area contributed by atoms with Crippen LogP contribution >= 0.6 is 0 Å². The minimum atomic E-state index is -0.309. The lowest BCUT2D eigenvalue weighted by Crippen LogP contribution is -2.30. The Morgan fingerprint density at radius 3 is 2.71 bits per heavy atom. The van der Waals surface area contributed by atoms with E-state index in [0.717, 1.165) is 11.1 Å². The molecule has 2 aromatic heterocycles. The maximum absolute atomic E-state index is 5.85. The van der Waals surface area contributed by atoms with Gasteiger partial charge in [-0.25, -0.2) is 10.4 Å². The van der Waals surface area contributed by atoms with Gasteiger partial charge in [0.1, 0.15) is 5.82 Å². The van der Waals surface area contributed by atoms with E-state index >= 15 is 0 Å². The average Bonchev–Trinajstić information content (AvgIpc) is 2.36. The van der Waals surface area contributed by atoms with E-state index in [2.05, 4.69) is 20.4 Å². The summed E-state index contributed by atoms with van der Waals surface area (Å²) < 4.78 is 0. The molecule has 0 bridgehead atoms. The van der Waals surface area contributed by atoms with E-state index < -0.39 is 0 Å². The van der Waals surface area contributed by atoms with Gasteiger partial charge in [0, 0.05) is 24.2 Å². The van der Waals surface area contributed by atoms with Crippen LogP contribution in [0.1, 0.15) is 22.9 Å². The topological polar surface area (TPSA) is 103 Å². The van der Waals surface area contributed by atoms with Gasteiger partial charge in [0.2, 0.25) is 0 Å². The van der Waals surface area contributed by atoms with Crippen LogP contribution in [0, 0.1) is 6.92 Å². The van der Waals surface area contributed by atoms with Crippen LogP contribution in [-0.2, 0) is 0 Å². The third kappa shape index (κ3) is 2.38. The molecule has 0 spiro atoms. The first-order valence-corrected chi connectivity index (χ1v) is 5.16. The third-order valence-corrected chi connectivity index (χ3v) is 2.44. The molecule has 5 N–H and O–H groups in total. The molecule has 0 saturated carbocycles. The Labute approximate surface area is 99.1 Å². The number of pyridine rings is 1. The van der Waals surface area contributed by atoms with E-state index in [0.29, 0.717) is 11.5 Å². The molecular weight excluding hydrogens is 216 g/mol. The highest BCUT2D eigenvalue weighted by atomic mass is 15.2. The number of hydrogen-bond acceptors (Lipinski definition) is 6. The lowest BCUT2D eigenvalue weighted by molar-refractivity contribution is 0.617. The summed E-state index contributed by atoms with van der Waals surface area (Å²) >= 11 is 0. The van der Waals surface area contributed by atoms with Gasteiger partial charge in [-0.3, -0.25) is 15.8 Å². The van der Waals surface area contributed by atoms with E-state index in [4.69, 9.17) is 11.6 Å². The van der Waals surface area contributed by atoms with Gasteiger partial charge in [-0.1, -0.05) is 0 Å². The van der Waals surface area contributed by atoms with Crippen LogP contribution in [0.5, 0.6) is 0 Å². The van der Waals surface area contributed by atoms with Gasteiger partial charge < -0.3 is 5.73 Å². The summed E-state index contributed by atoms with van der Waals surface area (Å²) in [5.41, 5.74) is 11.0. The van der Waals surface area contributed by atoms with Crippen LogP contribution < -0.4 is 17.0 Å². The van der Waals surface area contributed by atoms with Gasteiger partial charge in [-0.2, -0.15) is 0 Å². The van der Waals surface area contributed by atoms with Crippen molar-refractivity contribution in [2.45, 2.75) is 13.0 Å². The Morgan fingerprint density at radius 2 is 2.06 bits per heavy atom. The number of anilines is 1. The fourth-order valence-electron chi connectivity index (χ4n) is 1.63. The molecule has 1 unspecified atom stereocenters. The first kappa shape index (κ1) is 11.4. The van der Waals surface area contributed by atoms with E-state index in [-0.39, 0.29) is 6.04 Å². The fourth-order valence-corrected chi connectivity index (χ4v) is 1.63. The van der Waals surface area contributed by atoms with Crippen LogP contribution in [0.3, 0.4) is 0 Å². The number of hydrogen-bond donors (Lipinski definition) is 3. The molecule has 2 rings (SSSR count). The quantitative estimate of drug-likeness (QED) is 0.518. The zero-order valence-corrected chi connectivity index (χ0v) is 9.46. The van der Waals surface area contributed by atoms with Crippen LogP contribution in [0.4, 0.5) is 5.82 Å². The number of aromatic nitrogens is 3. The number of aryl methyl sites for hydroxylation is 1. The summed E-state index contributed by atoms with van der Waals surface area (Å²) in [6.45, 7) is 1.94. The van der Waals surface area contributed by atoms with Crippen LogP contribution in [0.2, 0.25) is 0 Å². The van der Waals surface area contributed by atoms with Crippen molar-refractivity contribution < 1.29 is 0 Å². The number of nitrogens with zero attached hydrogens (tertiary/aromatic N) is 3. The van der Waals surface area contributed by atoms with Crippen molar-refractivity contribution in [2.75, 3.05) is 5.73 Å². The fraction of sp³-hybridized carbons (Fsp3) is 0.182. The van der Waals surface area contributed by atoms with Crippen molar-refractivity contribution in [2.24, 2.45) is 5.84 Å². The lowest BCUT2D eigenvalue weighted by atomic mass is 10.0. The van der Waals surface area contributed by atoms with Gasteiger partial charge in [-0.05, 0) is 18.6 Å². The molecule has 2 aromatic rings. The van der Waals surface area contributed by atoms with Crippen LogP contribution in [0.15, 0.2) is 30.9 Å². The van der Waals surface area contributed by atoms with Crippen molar-refractivity contribution >= 4 is 5.82 Å². The molecule has 0 radical (unpaired) electrons.